The van der Waals surface area contributed by atoms with Gasteiger partial charge in [-0.3, -0.25) is 4.79 Å². The molecule has 0 saturated carbocycles. The average Bonchev–Trinajstić information content (AvgIpc) is 2.50. The third-order valence-corrected chi connectivity index (χ3v) is 4.09. The Morgan fingerprint density at radius 3 is 2.52 bits per heavy atom. The molecule has 1 aromatic carbocycles. The Balaban J connectivity index is 2.17. The Labute approximate surface area is 129 Å². The van der Waals surface area contributed by atoms with Gasteiger partial charge < -0.3 is 19.9 Å². The standard InChI is InChI=1S/C15H15F2N3O3/c1-19-2-4-20(5-3-19)13-10(16)6-8-12(11(13)17)18-7-9(14(8)21)15(22)23/h6-7H,2-5H2,1H3,(H,18,21)(H,22,23). The molecular formula is C15H15F2N3O3. The second-order valence-electron chi connectivity index (χ2n) is 5.57. The van der Waals surface area contributed by atoms with Crippen molar-refractivity contribution in [2.45, 2.75) is 0 Å². The number of aromatic nitrogens is 1. The van der Waals surface area contributed by atoms with E-state index in [4.69, 9.17) is 5.11 Å². The number of halogens is 2. The Bertz CT molecular complexity index is 842. The SMILES string of the molecule is CN1CCN(c2c(F)cc3c(=O)c(C(=O)O)c[nH]c3c2F)CC1. The number of nitrogens with one attached hydrogen (secondary N) is 1. The first-order chi connectivity index (χ1) is 10.9. The number of hydrogen-bond donors (Lipinski definition) is 2. The van der Waals surface area contributed by atoms with Gasteiger partial charge in [0, 0.05) is 32.4 Å². The molecule has 2 heterocycles. The van der Waals surface area contributed by atoms with Gasteiger partial charge in [0.1, 0.15) is 17.1 Å². The normalized spacial score (nSPS) is 16.0. The van der Waals surface area contributed by atoms with E-state index in [1.165, 1.54) is 0 Å². The summed E-state index contributed by atoms with van der Waals surface area (Å²) in [5.74, 6) is -3.19. The predicted octanol–water partition coefficient (Wildman–Crippen LogP) is 1.26. The first-order valence-corrected chi connectivity index (χ1v) is 7.10. The third-order valence-electron chi connectivity index (χ3n) is 4.09. The zero-order valence-corrected chi connectivity index (χ0v) is 12.4. The number of piperazine rings is 1. The number of anilines is 1. The molecule has 122 valence electrons. The van der Waals surface area contributed by atoms with Gasteiger partial charge >= 0.3 is 5.97 Å². The maximum absolute atomic E-state index is 14.7. The Kier molecular flexibility index (Phi) is 3.77. The lowest BCUT2D eigenvalue weighted by Crippen LogP contribution is -2.45. The van der Waals surface area contributed by atoms with E-state index in [9.17, 15) is 18.4 Å². The highest BCUT2D eigenvalue weighted by atomic mass is 19.1. The molecule has 0 atom stereocenters. The van der Waals surface area contributed by atoms with E-state index in [1.807, 2.05) is 11.9 Å². The van der Waals surface area contributed by atoms with Crippen molar-refractivity contribution in [2.75, 3.05) is 38.1 Å². The van der Waals surface area contributed by atoms with Crippen LogP contribution in [0.3, 0.4) is 0 Å². The number of nitrogens with zero attached hydrogens (tertiary/aromatic N) is 2. The highest BCUT2D eigenvalue weighted by Crippen LogP contribution is 2.29. The predicted molar refractivity (Wildman–Crippen MR) is 81.2 cm³/mol. The van der Waals surface area contributed by atoms with Crippen LogP contribution >= 0.6 is 0 Å². The fourth-order valence-corrected chi connectivity index (χ4v) is 2.76. The molecule has 1 aliphatic heterocycles. The van der Waals surface area contributed by atoms with Crippen LogP contribution in [0.15, 0.2) is 17.1 Å². The number of carboxylic acids is 1. The van der Waals surface area contributed by atoms with E-state index < -0.39 is 28.6 Å². The van der Waals surface area contributed by atoms with Crippen molar-refractivity contribution in [1.29, 1.82) is 0 Å². The van der Waals surface area contributed by atoms with Gasteiger partial charge in [-0.05, 0) is 13.1 Å². The summed E-state index contributed by atoms with van der Waals surface area (Å²) in [4.78, 5) is 29.1. The van der Waals surface area contributed by atoms with Crippen LogP contribution in [0.5, 0.6) is 0 Å². The number of likely N-dealkylation sites (N-methyl/N-ethyl adjacent to an activating group) is 1. The number of carboxylic acid groups (broad SMARTS) is 1. The van der Waals surface area contributed by atoms with Crippen LogP contribution in [0.4, 0.5) is 14.5 Å². The summed E-state index contributed by atoms with van der Waals surface area (Å²) in [7, 11) is 1.93. The smallest absolute Gasteiger partial charge is 0.341 e. The molecule has 23 heavy (non-hydrogen) atoms. The van der Waals surface area contributed by atoms with Gasteiger partial charge in [-0.2, -0.15) is 0 Å². The fraction of sp³-hybridized carbons (Fsp3) is 0.333. The molecule has 0 spiro atoms. The summed E-state index contributed by atoms with van der Waals surface area (Å²) >= 11 is 0. The molecule has 1 fully saturated rings. The quantitative estimate of drug-likeness (QED) is 0.870. The highest BCUT2D eigenvalue weighted by Gasteiger charge is 2.25. The van der Waals surface area contributed by atoms with Crippen LogP contribution in [0.25, 0.3) is 10.9 Å². The number of hydrogen-bond acceptors (Lipinski definition) is 4. The molecule has 6 nitrogen and oxygen atoms in total. The summed E-state index contributed by atoms with van der Waals surface area (Å²) in [6, 6.07) is 0.900. The molecule has 2 N–H and O–H groups in total. The number of benzene rings is 1. The number of aromatic carboxylic acids is 1. The van der Waals surface area contributed by atoms with E-state index in [0.717, 1.165) is 12.3 Å². The number of rotatable bonds is 2. The molecule has 0 bridgehead atoms. The number of carbonyl (C=O) groups is 1. The zero-order chi connectivity index (χ0) is 16.7. The molecule has 2 aromatic rings. The van der Waals surface area contributed by atoms with Gasteiger partial charge in [0.05, 0.1) is 10.9 Å². The molecule has 8 heteroatoms. The molecular weight excluding hydrogens is 308 g/mol. The molecule has 3 rings (SSSR count). The van der Waals surface area contributed by atoms with Gasteiger partial charge in [-0.25, -0.2) is 13.6 Å². The summed E-state index contributed by atoms with van der Waals surface area (Å²) in [6.45, 7) is 2.28. The molecule has 0 unspecified atom stereocenters. The number of aromatic amines is 1. The van der Waals surface area contributed by atoms with E-state index in [2.05, 4.69) is 4.98 Å². The van der Waals surface area contributed by atoms with Crippen molar-refractivity contribution < 1.29 is 18.7 Å². The lowest BCUT2D eigenvalue weighted by molar-refractivity contribution is 0.0695. The van der Waals surface area contributed by atoms with E-state index >= 15 is 0 Å². The Morgan fingerprint density at radius 2 is 1.91 bits per heavy atom. The van der Waals surface area contributed by atoms with Crippen molar-refractivity contribution in [3.63, 3.8) is 0 Å². The molecule has 0 amide bonds. The second kappa shape index (κ2) is 5.62. The van der Waals surface area contributed by atoms with Crippen LogP contribution in [-0.2, 0) is 0 Å². The summed E-state index contributed by atoms with van der Waals surface area (Å²) in [6.07, 6.45) is 0.932. The van der Waals surface area contributed by atoms with E-state index in [1.54, 1.807) is 4.90 Å². The first kappa shape index (κ1) is 15.4. The maximum Gasteiger partial charge on any atom is 0.341 e. The van der Waals surface area contributed by atoms with Gasteiger partial charge in [0.2, 0.25) is 5.43 Å². The lowest BCUT2D eigenvalue weighted by Gasteiger charge is -2.34. The number of H-pyrrole nitrogens is 1. The Hall–Kier alpha value is -2.48. The highest BCUT2D eigenvalue weighted by molar-refractivity contribution is 5.93. The minimum Gasteiger partial charge on any atom is -0.477 e. The van der Waals surface area contributed by atoms with Gasteiger partial charge in [-0.15, -0.1) is 0 Å². The summed E-state index contributed by atoms with van der Waals surface area (Å²) in [5, 5.41) is 8.62. The fourth-order valence-electron chi connectivity index (χ4n) is 2.76. The van der Waals surface area contributed by atoms with Crippen LogP contribution in [-0.4, -0.2) is 54.2 Å². The van der Waals surface area contributed by atoms with Crippen LogP contribution in [0.2, 0.25) is 0 Å². The molecule has 1 saturated heterocycles. The van der Waals surface area contributed by atoms with Gasteiger partial charge in [0.15, 0.2) is 5.82 Å². The molecule has 1 aromatic heterocycles. The van der Waals surface area contributed by atoms with E-state index in [0.29, 0.717) is 26.2 Å². The van der Waals surface area contributed by atoms with Crippen molar-refractivity contribution in [2.24, 2.45) is 0 Å². The average molecular weight is 323 g/mol. The molecule has 0 radical (unpaired) electrons. The van der Waals surface area contributed by atoms with Crippen LogP contribution in [0.1, 0.15) is 10.4 Å². The number of pyridine rings is 1. The lowest BCUT2D eigenvalue weighted by atomic mass is 10.1. The van der Waals surface area contributed by atoms with Crippen LogP contribution < -0.4 is 10.3 Å². The number of fused-ring (bicyclic) bond motifs is 1. The maximum atomic E-state index is 14.7. The molecule has 1 aliphatic rings. The topological polar surface area (TPSA) is 76.6 Å². The summed E-state index contributed by atoms with van der Waals surface area (Å²) in [5.41, 5.74) is -1.84. The minimum absolute atomic E-state index is 0.185. The van der Waals surface area contributed by atoms with Crippen LogP contribution in [0, 0.1) is 11.6 Å². The Morgan fingerprint density at radius 1 is 1.26 bits per heavy atom. The van der Waals surface area contributed by atoms with Gasteiger partial charge in [-0.1, -0.05) is 0 Å². The van der Waals surface area contributed by atoms with Crippen molar-refractivity contribution in [3.05, 3.63) is 39.7 Å². The molecule has 0 aliphatic carbocycles. The van der Waals surface area contributed by atoms with Crippen molar-refractivity contribution in [1.82, 2.24) is 9.88 Å². The zero-order valence-electron chi connectivity index (χ0n) is 12.4. The summed E-state index contributed by atoms with van der Waals surface area (Å²) < 4.78 is 29.1. The second-order valence-corrected chi connectivity index (χ2v) is 5.57. The third kappa shape index (κ3) is 2.55. The minimum atomic E-state index is -1.45. The van der Waals surface area contributed by atoms with Crippen molar-refractivity contribution >= 4 is 22.6 Å². The van der Waals surface area contributed by atoms with Gasteiger partial charge in [0.25, 0.3) is 0 Å². The van der Waals surface area contributed by atoms with E-state index in [-0.39, 0.29) is 16.6 Å². The van der Waals surface area contributed by atoms with Crippen molar-refractivity contribution in [3.8, 4) is 0 Å². The largest absolute Gasteiger partial charge is 0.477 e. The monoisotopic (exact) mass is 323 g/mol. The first-order valence-electron chi connectivity index (χ1n) is 7.10.